The van der Waals surface area contributed by atoms with Crippen LogP contribution in [0.4, 0.5) is 13.2 Å². The molecule has 0 radical (unpaired) electrons. The zero-order valence-electron chi connectivity index (χ0n) is 12.2. The maximum Gasteiger partial charge on any atom is 0.391 e. The van der Waals surface area contributed by atoms with Gasteiger partial charge < -0.3 is 10.5 Å². The second-order valence-corrected chi connectivity index (χ2v) is 5.86. The topological polar surface area (TPSA) is 35.2 Å². The Balaban J connectivity index is 2.11. The fraction of sp³-hybridized carbons (Fsp3) is 0.625. The Bertz CT molecular complexity index is 458. The largest absolute Gasteiger partial charge is 0.494 e. The smallest absolute Gasteiger partial charge is 0.391 e. The molecule has 0 heterocycles. The quantitative estimate of drug-likeness (QED) is 0.895. The van der Waals surface area contributed by atoms with Crippen LogP contribution in [-0.2, 0) is 5.54 Å². The van der Waals surface area contributed by atoms with E-state index in [2.05, 4.69) is 0 Å². The molecule has 2 N–H and O–H groups in total. The molecule has 1 aromatic rings. The number of halogens is 3. The lowest BCUT2D eigenvalue weighted by Gasteiger charge is -2.39. The van der Waals surface area contributed by atoms with Gasteiger partial charge in [0.15, 0.2) is 0 Å². The molecule has 2 atom stereocenters. The summed E-state index contributed by atoms with van der Waals surface area (Å²) < 4.78 is 44.3. The van der Waals surface area contributed by atoms with Crippen LogP contribution in [0.3, 0.4) is 0 Å². The highest BCUT2D eigenvalue weighted by atomic mass is 19.4. The molecule has 2 rings (SSSR count). The first kappa shape index (κ1) is 16.1. The summed E-state index contributed by atoms with van der Waals surface area (Å²) in [6.07, 6.45) is -2.00. The van der Waals surface area contributed by atoms with E-state index < -0.39 is 17.6 Å². The van der Waals surface area contributed by atoms with E-state index in [1.54, 1.807) is 24.3 Å². The Hall–Kier alpha value is -1.23. The zero-order chi connectivity index (χ0) is 15.5. The average Bonchev–Trinajstić information content (AvgIpc) is 2.45. The molecule has 1 fully saturated rings. The van der Waals surface area contributed by atoms with Crippen molar-refractivity contribution in [2.24, 2.45) is 11.7 Å². The van der Waals surface area contributed by atoms with Crippen LogP contribution >= 0.6 is 0 Å². The summed E-state index contributed by atoms with van der Waals surface area (Å²) in [6.45, 7) is 2.64. The first-order valence-electron chi connectivity index (χ1n) is 7.44. The van der Waals surface area contributed by atoms with Gasteiger partial charge in [-0.15, -0.1) is 0 Å². The van der Waals surface area contributed by atoms with E-state index in [9.17, 15) is 13.2 Å². The standard InChI is InChI=1S/C16H22F3NO/c1-2-10-21-14-7-5-12(6-8-14)15(20)9-3-4-13(11-15)16(17,18)19/h5-8,13H,2-4,9-11,20H2,1H3. The minimum absolute atomic E-state index is 0.0360. The molecule has 21 heavy (non-hydrogen) atoms. The molecule has 0 saturated heterocycles. The lowest BCUT2D eigenvalue weighted by Crippen LogP contribution is -2.44. The molecule has 0 aromatic heterocycles. The van der Waals surface area contributed by atoms with Crippen LogP contribution in [0.2, 0.25) is 0 Å². The summed E-state index contributed by atoms with van der Waals surface area (Å²) in [7, 11) is 0. The van der Waals surface area contributed by atoms with Gasteiger partial charge in [0.05, 0.1) is 12.5 Å². The van der Waals surface area contributed by atoms with E-state index in [1.807, 2.05) is 6.92 Å². The first-order valence-corrected chi connectivity index (χ1v) is 7.44. The fourth-order valence-electron chi connectivity index (χ4n) is 2.95. The van der Waals surface area contributed by atoms with Gasteiger partial charge in [-0.1, -0.05) is 25.5 Å². The van der Waals surface area contributed by atoms with E-state index in [1.165, 1.54) is 0 Å². The molecular formula is C16H22F3NO. The Morgan fingerprint density at radius 1 is 1.29 bits per heavy atom. The molecule has 1 aromatic carbocycles. The van der Waals surface area contributed by atoms with Crippen LogP contribution in [0, 0.1) is 5.92 Å². The number of hydrogen-bond donors (Lipinski definition) is 1. The van der Waals surface area contributed by atoms with Crippen molar-refractivity contribution in [1.82, 2.24) is 0 Å². The maximum atomic E-state index is 12.9. The molecular weight excluding hydrogens is 279 g/mol. The van der Waals surface area contributed by atoms with E-state index >= 15 is 0 Å². The van der Waals surface area contributed by atoms with Crippen LogP contribution in [0.25, 0.3) is 0 Å². The fourth-order valence-corrected chi connectivity index (χ4v) is 2.95. The van der Waals surface area contributed by atoms with E-state index in [-0.39, 0.29) is 12.8 Å². The van der Waals surface area contributed by atoms with Gasteiger partial charge in [0.2, 0.25) is 0 Å². The third kappa shape index (κ3) is 3.90. The minimum Gasteiger partial charge on any atom is -0.494 e. The number of benzene rings is 1. The summed E-state index contributed by atoms with van der Waals surface area (Å²) >= 11 is 0. The second-order valence-electron chi connectivity index (χ2n) is 5.86. The summed E-state index contributed by atoms with van der Waals surface area (Å²) in [5.74, 6) is -0.570. The normalized spacial score (nSPS) is 26.6. The SMILES string of the molecule is CCCOc1ccc(C2(N)CCCC(C(F)(F)F)C2)cc1. The van der Waals surface area contributed by atoms with Crippen molar-refractivity contribution in [3.63, 3.8) is 0 Å². The molecule has 2 unspecified atom stereocenters. The third-order valence-electron chi connectivity index (χ3n) is 4.15. The van der Waals surface area contributed by atoms with Crippen LogP contribution in [0.15, 0.2) is 24.3 Å². The third-order valence-corrected chi connectivity index (χ3v) is 4.15. The number of nitrogens with two attached hydrogens (primary N) is 1. The van der Waals surface area contributed by atoms with Crippen LogP contribution in [-0.4, -0.2) is 12.8 Å². The number of rotatable bonds is 4. The molecule has 118 valence electrons. The molecule has 1 aliphatic rings. The molecule has 0 spiro atoms. The van der Waals surface area contributed by atoms with Crippen LogP contribution in [0.5, 0.6) is 5.75 Å². The minimum atomic E-state index is -4.16. The van der Waals surface area contributed by atoms with Crippen molar-refractivity contribution < 1.29 is 17.9 Å². The Labute approximate surface area is 123 Å². The van der Waals surface area contributed by atoms with E-state index in [4.69, 9.17) is 10.5 Å². The molecule has 0 amide bonds. The lowest BCUT2D eigenvalue weighted by molar-refractivity contribution is -0.187. The Morgan fingerprint density at radius 3 is 2.52 bits per heavy atom. The first-order chi connectivity index (χ1) is 9.85. The van der Waals surface area contributed by atoms with Crippen molar-refractivity contribution >= 4 is 0 Å². The van der Waals surface area contributed by atoms with Crippen molar-refractivity contribution in [1.29, 1.82) is 0 Å². The molecule has 1 saturated carbocycles. The van der Waals surface area contributed by atoms with Crippen molar-refractivity contribution in [2.75, 3.05) is 6.61 Å². The zero-order valence-corrected chi connectivity index (χ0v) is 12.2. The monoisotopic (exact) mass is 301 g/mol. The van der Waals surface area contributed by atoms with Crippen molar-refractivity contribution in [3.05, 3.63) is 29.8 Å². The van der Waals surface area contributed by atoms with E-state index in [0.717, 1.165) is 17.7 Å². The number of ether oxygens (including phenoxy) is 1. The summed E-state index contributed by atoms with van der Waals surface area (Å²) in [5.41, 5.74) is 6.15. The Kier molecular flexibility index (Phi) is 4.81. The molecule has 5 heteroatoms. The van der Waals surface area contributed by atoms with Crippen molar-refractivity contribution in [3.8, 4) is 5.75 Å². The maximum absolute atomic E-state index is 12.9. The average molecular weight is 301 g/mol. The number of alkyl halides is 3. The second kappa shape index (κ2) is 6.26. The number of hydrogen-bond acceptors (Lipinski definition) is 2. The highest BCUT2D eigenvalue weighted by Crippen LogP contribution is 2.44. The van der Waals surface area contributed by atoms with Gasteiger partial charge in [-0.05, 0) is 43.4 Å². The van der Waals surface area contributed by atoms with Crippen LogP contribution < -0.4 is 10.5 Å². The van der Waals surface area contributed by atoms with Gasteiger partial charge in [-0.2, -0.15) is 13.2 Å². The molecule has 0 bridgehead atoms. The van der Waals surface area contributed by atoms with Gasteiger partial charge in [0.1, 0.15) is 5.75 Å². The summed E-state index contributed by atoms with van der Waals surface area (Å²) in [5, 5.41) is 0. The molecule has 1 aliphatic carbocycles. The van der Waals surface area contributed by atoms with Gasteiger partial charge >= 0.3 is 6.18 Å². The summed E-state index contributed by atoms with van der Waals surface area (Å²) in [4.78, 5) is 0. The summed E-state index contributed by atoms with van der Waals surface area (Å²) in [6, 6.07) is 7.17. The predicted molar refractivity (Wildman–Crippen MR) is 76.1 cm³/mol. The van der Waals surface area contributed by atoms with Gasteiger partial charge in [0, 0.05) is 5.54 Å². The molecule has 0 aliphatic heterocycles. The van der Waals surface area contributed by atoms with Gasteiger partial charge in [-0.25, -0.2) is 0 Å². The highest BCUT2D eigenvalue weighted by molar-refractivity contribution is 5.32. The van der Waals surface area contributed by atoms with E-state index in [0.29, 0.717) is 19.4 Å². The predicted octanol–water partition coefficient (Wildman–Crippen LogP) is 4.38. The van der Waals surface area contributed by atoms with Crippen molar-refractivity contribution in [2.45, 2.75) is 50.7 Å². The van der Waals surface area contributed by atoms with Gasteiger partial charge in [0.25, 0.3) is 0 Å². The van der Waals surface area contributed by atoms with Crippen LogP contribution in [0.1, 0.15) is 44.6 Å². The Morgan fingerprint density at radius 2 is 1.95 bits per heavy atom. The highest BCUT2D eigenvalue weighted by Gasteiger charge is 2.46. The molecule has 2 nitrogen and oxygen atoms in total. The lowest BCUT2D eigenvalue weighted by atomic mass is 9.72. The van der Waals surface area contributed by atoms with Gasteiger partial charge in [-0.3, -0.25) is 0 Å².